The SMILES string of the molecule is CC/C=C\C/C=C\C/C=C\C/C=C\C/C=C\C/C=C\C/C=C\CCCCCCCCCC(=O)OCC(COC(=O)CCCCCCC)OC(=O)CCCCCCCCCCCCCCC/C=C\CCCCCCCCCC. The number of carbonyl (C=O) groups excluding carboxylic acids is 3. The molecule has 0 radical (unpaired) electrons. The van der Waals surface area contributed by atoms with Crippen LogP contribution in [0.25, 0.3) is 0 Å². The van der Waals surface area contributed by atoms with Gasteiger partial charge in [0.05, 0.1) is 0 Å². The average molecular weight is 1070 g/mol. The summed E-state index contributed by atoms with van der Waals surface area (Å²) in [6, 6.07) is 0. The molecule has 77 heavy (non-hydrogen) atoms. The summed E-state index contributed by atoms with van der Waals surface area (Å²) in [5, 5.41) is 0. The second-order valence-electron chi connectivity index (χ2n) is 21.6. The summed E-state index contributed by atoms with van der Waals surface area (Å²) >= 11 is 0. The monoisotopic (exact) mass is 1070 g/mol. The fraction of sp³-hybridized carbons (Fsp3) is 0.732. The van der Waals surface area contributed by atoms with Gasteiger partial charge in [-0.05, 0) is 103 Å². The first-order valence-corrected chi connectivity index (χ1v) is 32.7. The van der Waals surface area contributed by atoms with Crippen molar-refractivity contribution in [3.63, 3.8) is 0 Å². The van der Waals surface area contributed by atoms with Crippen LogP contribution in [0.1, 0.15) is 316 Å². The molecular weight excluding hydrogens is 949 g/mol. The van der Waals surface area contributed by atoms with E-state index in [9.17, 15) is 14.4 Å². The summed E-state index contributed by atoms with van der Waals surface area (Å²) < 4.78 is 16.8. The molecule has 0 saturated heterocycles. The van der Waals surface area contributed by atoms with Crippen molar-refractivity contribution in [1.82, 2.24) is 0 Å². The zero-order chi connectivity index (χ0) is 55.7. The van der Waals surface area contributed by atoms with Gasteiger partial charge >= 0.3 is 17.9 Å². The zero-order valence-electron chi connectivity index (χ0n) is 50.7. The largest absolute Gasteiger partial charge is 0.462 e. The summed E-state index contributed by atoms with van der Waals surface area (Å²) in [5.74, 6) is -0.897. The summed E-state index contributed by atoms with van der Waals surface area (Å²) in [5.41, 5.74) is 0. The van der Waals surface area contributed by atoms with Gasteiger partial charge in [0.25, 0.3) is 0 Å². The number of esters is 3. The molecule has 0 saturated carbocycles. The van der Waals surface area contributed by atoms with Crippen LogP contribution >= 0.6 is 0 Å². The molecule has 0 bridgehead atoms. The van der Waals surface area contributed by atoms with Crippen LogP contribution in [-0.4, -0.2) is 37.2 Å². The van der Waals surface area contributed by atoms with Gasteiger partial charge in [0.15, 0.2) is 6.10 Å². The number of rotatable bonds is 59. The molecule has 0 aliphatic rings. The molecule has 0 spiro atoms. The lowest BCUT2D eigenvalue weighted by Gasteiger charge is -2.18. The Morgan fingerprint density at radius 1 is 0.273 bits per heavy atom. The van der Waals surface area contributed by atoms with E-state index >= 15 is 0 Å². The van der Waals surface area contributed by atoms with Crippen molar-refractivity contribution < 1.29 is 28.6 Å². The Kier molecular flexibility index (Phi) is 61.8. The number of hydrogen-bond acceptors (Lipinski definition) is 6. The van der Waals surface area contributed by atoms with Crippen LogP contribution in [-0.2, 0) is 28.6 Å². The normalized spacial score (nSPS) is 12.7. The van der Waals surface area contributed by atoms with E-state index < -0.39 is 6.10 Å². The Morgan fingerprint density at radius 2 is 0.506 bits per heavy atom. The molecule has 0 rings (SSSR count). The van der Waals surface area contributed by atoms with Gasteiger partial charge in [-0.25, -0.2) is 0 Å². The maximum absolute atomic E-state index is 12.8. The molecule has 1 unspecified atom stereocenters. The molecule has 0 heterocycles. The van der Waals surface area contributed by atoms with Crippen molar-refractivity contribution in [3.8, 4) is 0 Å². The molecular formula is C71H122O6. The van der Waals surface area contributed by atoms with Crippen molar-refractivity contribution in [2.45, 2.75) is 322 Å². The van der Waals surface area contributed by atoms with Crippen molar-refractivity contribution in [2.24, 2.45) is 0 Å². The third-order valence-corrected chi connectivity index (χ3v) is 14.1. The van der Waals surface area contributed by atoms with Crippen LogP contribution in [0.3, 0.4) is 0 Å². The molecule has 0 aromatic rings. The molecule has 0 aliphatic heterocycles. The number of ether oxygens (including phenoxy) is 3. The van der Waals surface area contributed by atoms with E-state index in [1.165, 1.54) is 161 Å². The fourth-order valence-electron chi connectivity index (χ4n) is 9.18. The van der Waals surface area contributed by atoms with Gasteiger partial charge in [-0.2, -0.15) is 0 Å². The quantitative estimate of drug-likeness (QED) is 0.0261. The number of allylic oxidation sites excluding steroid dienone is 16. The summed E-state index contributed by atoms with van der Waals surface area (Å²) in [6.07, 6.45) is 87.5. The highest BCUT2D eigenvalue weighted by molar-refractivity contribution is 5.71. The van der Waals surface area contributed by atoms with Crippen LogP contribution in [0.5, 0.6) is 0 Å². The van der Waals surface area contributed by atoms with Crippen molar-refractivity contribution in [2.75, 3.05) is 13.2 Å². The molecule has 0 aliphatic carbocycles. The Hall–Kier alpha value is -3.67. The minimum atomic E-state index is -0.779. The second kappa shape index (κ2) is 64.9. The maximum atomic E-state index is 12.8. The minimum Gasteiger partial charge on any atom is -0.462 e. The molecule has 1 atom stereocenters. The first-order valence-electron chi connectivity index (χ1n) is 32.7. The van der Waals surface area contributed by atoms with Gasteiger partial charge in [0.1, 0.15) is 13.2 Å². The van der Waals surface area contributed by atoms with Gasteiger partial charge in [-0.15, -0.1) is 0 Å². The highest BCUT2D eigenvalue weighted by Gasteiger charge is 2.19. The number of hydrogen-bond donors (Lipinski definition) is 0. The lowest BCUT2D eigenvalue weighted by molar-refractivity contribution is -0.167. The van der Waals surface area contributed by atoms with Gasteiger partial charge in [-0.1, -0.05) is 291 Å². The Morgan fingerprint density at radius 3 is 0.805 bits per heavy atom. The first-order chi connectivity index (χ1) is 38.0. The second-order valence-corrected chi connectivity index (χ2v) is 21.6. The van der Waals surface area contributed by atoms with E-state index in [0.717, 1.165) is 116 Å². The topological polar surface area (TPSA) is 78.9 Å². The van der Waals surface area contributed by atoms with E-state index in [1.54, 1.807) is 0 Å². The zero-order valence-corrected chi connectivity index (χ0v) is 50.7. The average Bonchev–Trinajstić information content (AvgIpc) is 3.43. The van der Waals surface area contributed by atoms with Crippen molar-refractivity contribution >= 4 is 17.9 Å². The van der Waals surface area contributed by atoms with Gasteiger partial charge in [0.2, 0.25) is 0 Å². The Labute approximate surface area is 477 Å². The van der Waals surface area contributed by atoms with Crippen LogP contribution in [0.4, 0.5) is 0 Å². The molecule has 6 heteroatoms. The third-order valence-electron chi connectivity index (χ3n) is 14.1. The number of carbonyl (C=O) groups is 3. The lowest BCUT2D eigenvalue weighted by atomic mass is 10.0. The maximum Gasteiger partial charge on any atom is 0.306 e. The molecule has 0 amide bonds. The van der Waals surface area contributed by atoms with E-state index in [0.29, 0.717) is 19.3 Å². The summed E-state index contributed by atoms with van der Waals surface area (Å²) in [7, 11) is 0. The molecule has 0 aromatic carbocycles. The van der Waals surface area contributed by atoms with Gasteiger partial charge in [-0.3, -0.25) is 14.4 Å². The van der Waals surface area contributed by atoms with E-state index in [2.05, 4.69) is 118 Å². The predicted molar refractivity (Wildman–Crippen MR) is 334 cm³/mol. The smallest absolute Gasteiger partial charge is 0.306 e. The van der Waals surface area contributed by atoms with E-state index in [4.69, 9.17) is 14.2 Å². The fourth-order valence-corrected chi connectivity index (χ4v) is 9.18. The molecule has 0 N–H and O–H groups in total. The van der Waals surface area contributed by atoms with Gasteiger partial charge < -0.3 is 14.2 Å². The lowest BCUT2D eigenvalue weighted by Crippen LogP contribution is -2.30. The highest BCUT2D eigenvalue weighted by Crippen LogP contribution is 2.16. The Bertz CT molecular complexity index is 1510. The Balaban J connectivity index is 4.07. The third kappa shape index (κ3) is 63.0. The minimum absolute atomic E-state index is 0.0802. The molecule has 0 aromatic heterocycles. The summed E-state index contributed by atoms with van der Waals surface area (Å²) in [6.45, 7) is 6.46. The van der Waals surface area contributed by atoms with Crippen molar-refractivity contribution in [3.05, 3.63) is 97.2 Å². The first kappa shape index (κ1) is 73.3. The predicted octanol–water partition coefficient (Wildman–Crippen LogP) is 22.4. The van der Waals surface area contributed by atoms with E-state index in [-0.39, 0.29) is 31.1 Å². The van der Waals surface area contributed by atoms with Gasteiger partial charge in [0, 0.05) is 19.3 Å². The van der Waals surface area contributed by atoms with Crippen molar-refractivity contribution in [1.29, 1.82) is 0 Å². The van der Waals surface area contributed by atoms with Crippen LogP contribution in [0, 0.1) is 0 Å². The van der Waals surface area contributed by atoms with E-state index in [1.807, 2.05) is 0 Å². The highest BCUT2D eigenvalue weighted by atomic mass is 16.6. The molecule has 0 fully saturated rings. The summed E-state index contributed by atoms with van der Waals surface area (Å²) in [4.78, 5) is 38.0. The molecule has 442 valence electrons. The van der Waals surface area contributed by atoms with Crippen LogP contribution in [0.2, 0.25) is 0 Å². The standard InChI is InChI=1S/C71H122O6/c1-4-7-10-13-15-17-19-21-23-25-27-29-31-33-34-35-36-38-39-41-43-45-47-49-51-53-55-58-61-64-70(73)76-67-68(66-75-69(72)63-60-57-12-9-6-3)77-71(74)65-62-59-56-54-52-50-48-46-44-42-40-37-32-30-28-26-24-22-20-18-16-14-11-8-5-2/h7,10,15,17,21,23,26-29,33-34,36,38,41,43,68H,4-6,8-9,11-14,16,18-20,22,24-25,30-32,35,37,39-40,42,44-67H2,1-3H3/b10-7-,17-15-,23-21-,28-26-,29-27-,34-33-,38-36-,43-41-. The van der Waals surface area contributed by atoms with Crippen LogP contribution < -0.4 is 0 Å². The van der Waals surface area contributed by atoms with Crippen LogP contribution in [0.15, 0.2) is 97.2 Å². The molecule has 6 nitrogen and oxygen atoms in total. The number of unbranched alkanes of at least 4 members (excludes halogenated alkanes) is 32.